The first kappa shape index (κ1) is 25.5. The first-order chi connectivity index (χ1) is 18.4. The number of hydrogen-bond donors (Lipinski definition) is 1. The predicted molar refractivity (Wildman–Crippen MR) is 139 cm³/mol. The lowest BCUT2D eigenvalue weighted by Crippen LogP contribution is -2.24. The maximum Gasteiger partial charge on any atom is 0.318 e. The normalized spacial score (nSPS) is 10.6. The molecule has 4 aromatic carbocycles. The third kappa shape index (κ3) is 6.76. The summed E-state index contributed by atoms with van der Waals surface area (Å²) < 4.78 is 11.1. The molecular formula is C27H20N4O7. The molecule has 0 aliphatic carbocycles. The van der Waals surface area contributed by atoms with Crippen molar-refractivity contribution >= 4 is 23.5 Å². The van der Waals surface area contributed by atoms with Crippen molar-refractivity contribution in [3.8, 4) is 28.4 Å². The Morgan fingerprint density at radius 2 is 1.55 bits per heavy atom. The van der Waals surface area contributed by atoms with Gasteiger partial charge in [-0.15, -0.1) is 0 Å². The fourth-order valence-corrected chi connectivity index (χ4v) is 3.37. The molecule has 38 heavy (non-hydrogen) atoms. The van der Waals surface area contributed by atoms with Crippen molar-refractivity contribution < 1.29 is 24.1 Å². The second-order valence-electron chi connectivity index (χ2n) is 7.81. The zero-order chi connectivity index (χ0) is 26.9. The number of carbonyl (C=O) groups excluding carboxylic acids is 1. The van der Waals surface area contributed by atoms with Gasteiger partial charge in [-0.3, -0.25) is 25.0 Å². The number of non-ortho nitro benzene ring substituents is 1. The molecule has 11 nitrogen and oxygen atoms in total. The van der Waals surface area contributed by atoms with Crippen molar-refractivity contribution in [2.75, 3.05) is 6.61 Å². The number of nitrogens with zero attached hydrogens (tertiary/aromatic N) is 3. The van der Waals surface area contributed by atoms with Crippen LogP contribution in [0, 0.1) is 20.2 Å². The number of carbonyl (C=O) groups is 1. The van der Waals surface area contributed by atoms with E-state index in [1.807, 2.05) is 42.5 Å². The standard InChI is InChI=1S/C27H20N4O7/c32-27(18-37-23-12-9-21(10-13-23)20-6-2-1-3-7-20)29-28-17-19-5-4-8-24(15-19)38-26-14-11-22(30(33)34)16-25(26)31(35)36/h1-17H,18H2,(H,29,32)/b28-17+. The molecule has 0 atom stereocenters. The monoisotopic (exact) mass is 512 g/mol. The average Bonchev–Trinajstić information content (AvgIpc) is 2.93. The Bertz CT molecular complexity index is 1490. The van der Waals surface area contributed by atoms with Crippen LogP contribution in [0.4, 0.5) is 11.4 Å². The number of nitro benzene ring substituents is 2. The summed E-state index contributed by atoms with van der Waals surface area (Å²) in [5.41, 5.74) is 4.03. The number of nitro groups is 2. The van der Waals surface area contributed by atoms with Crippen LogP contribution in [0.25, 0.3) is 11.1 Å². The highest BCUT2D eigenvalue weighted by Gasteiger charge is 2.21. The van der Waals surface area contributed by atoms with Gasteiger partial charge in [0.2, 0.25) is 5.75 Å². The summed E-state index contributed by atoms with van der Waals surface area (Å²) in [6.45, 7) is -0.241. The number of hydrazone groups is 1. The lowest BCUT2D eigenvalue weighted by Gasteiger charge is -2.07. The molecule has 0 aliphatic heterocycles. The van der Waals surface area contributed by atoms with Crippen LogP contribution in [0.2, 0.25) is 0 Å². The molecule has 0 spiro atoms. The average molecular weight is 512 g/mol. The molecule has 1 amide bonds. The highest BCUT2D eigenvalue weighted by Crippen LogP contribution is 2.34. The molecule has 0 aliphatic rings. The van der Waals surface area contributed by atoms with Crippen LogP contribution in [-0.2, 0) is 4.79 Å². The summed E-state index contributed by atoms with van der Waals surface area (Å²) >= 11 is 0. The van der Waals surface area contributed by atoms with Crippen LogP contribution in [0.1, 0.15) is 5.56 Å². The Morgan fingerprint density at radius 1 is 0.816 bits per heavy atom. The second kappa shape index (κ2) is 11.9. The minimum atomic E-state index is -0.761. The predicted octanol–water partition coefficient (Wildman–Crippen LogP) is 5.49. The SMILES string of the molecule is O=C(COc1ccc(-c2ccccc2)cc1)N/N=C/c1cccc(Oc2ccc([N+](=O)[O-])cc2[N+](=O)[O-])c1. The molecule has 1 N–H and O–H groups in total. The van der Waals surface area contributed by atoms with Crippen molar-refractivity contribution in [1.29, 1.82) is 0 Å². The Kier molecular flexibility index (Phi) is 7.99. The van der Waals surface area contributed by atoms with Crippen molar-refractivity contribution in [2.45, 2.75) is 0 Å². The van der Waals surface area contributed by atoms with Gasteiger partial charge >= 0.3 is 5.69 Å². The number of nitrogens with one attached hydrogen (secondary N) is 1. The van der Waals surface area contributed by atoms with E-state index >= 15 is 0 Å². The molecular weight excluding hydrogens is 492 g/mol. The van der Waals surface area contributed by atoms with E-state index in [1.165, 1.54) is 12.3 Å². The van der Waals surface area contributed by atoms with Gasteiger partial charge < -0.3 is 9.47 Å². The van der Waals surface area contributed by atoms with Gasteiger partial charge in [0, 0.05) is 6.07 Å². The van der Waals surface area contributed by atoms with Gasteiger partial charge in [0.05, 0.1) is 22.1 Å². The van der Waals surface area contributed by atoms with Crippen LogP contribution >= 0.6 is 0 Å². The van der Waals surface area contributed by atoms with Crippen molar-refractivity contribution in [3.05, 3.63) is 123 Å². The molecule has 4 aromatic rings. The van der Waals surface area contributed by atoms with Crippen LogP contribution in [0.3, 0.4) is 0 Å². The Morgan fingerprint density at radius 3 is 2.26 bits per heavy atom. The minimum absolute atomic E-state index is 0.156. The zero-order valence-electron chi connectivity index (χ0n) is 19.7. The first-order valence-corrected chi connectivity index (χ1v) is 11.2. The molecule has 0 heterocycles. The lowest BCUT2D eigenvalue weighted by atomic mass is 10.1. The minimum Gasteiger partial charge on any atom is -0.484 e. The number of ether oxygens (including phenoxy) is 2. The van der Waals surface area contributed by atoms with Gasteiger partial charge in [-0.1, -0.05) is 54.6 Å². The van der Waals surface area contributed by atoms with E-state index in [0.717, 1.165) is 29.3 Å². The molecule has 0 aromatic heterocycles. The van der Waals surface area contributed by atoms with Gasteiger partial charge in [-0.2, -0.15) is 5.10 Å². The van der Waals surface area contributed by atoms with Gasteiger partial charge in [0.15, 0.2) is 6.61 Å². The Hall–Kier alpha value is -5.58. The number of hydrogen-bond acceptors (Lipinski definition) is 8. The summed E-state index contributed by atoms with van der Waals surface area (Å²) in [7, 11) is 0. The van der Waals surface area contributed by atoms with Crippen molar-refractivity contribution in [2.24, 2.45) is 5.10 Å². The molecule has 190 valence electrons. The third-order valence-corrected chi connectivity index (χ3v) is 5.17. The van der Waals surface area contributed by atoms with Crippen molar-refractivity contribution in [1.82, 2.24) is 5.43 Å². The molecule has 0 radical (unpaired) electrons. The highest BCUT2D eigenvalue weighted by atomic mass is 16.6. The van der Waals surface area contributed by atoms with Crippen molar-refractivity contribution in [3.63, 3.8) is 0 Å². The smallest absolute Gasteiger partial charge is 0.318 e. The molecule has 0 saturated heterocycles. The maximum atomic E-state index is 12.1. The number of benzene rings is 4. The maximum absolute atomic E-state index is 12.1. The summed E-state index contributed by atoms with van der Waals surface area (Å²) in [6.07, 6.45) is 1.36. The number of rotatable bonds is 10. The van der Waals surface area contributed by atoms with Gasteiger partial charge in [-0.25, -0.2) is 5.43 Å². The fraction of sp³-hybridized carbons (Fsp3) is 0.0370. The van der Waals surface area contributed by atoms with Crippen LogP contribution in [-0.4, -0.2) is 28.6 Å². The van der Waals surface area contributed by atoms with E-state index < -0.39 is 27.1 Å². The quantitative estimate of drug-likeness (QED) is 0.168. The van der Waals surface area contributed by atoms with Crippen LogP contribution in [0.15, 0.2) is 102 Å². The zero-order valence-corrected chi connectivity index (χ0v) is 19.7. The third-order valence-electron chi connectivity index (χ3n) is 5.17. The molecule has 0 bridgehead atoms. The first-order valence-electron chi connectivity index (χ1n) is 11.2. The molecule has 0 unspecified atom stereocenters. The van der Waals surface area contributed by atoms with Crippen LogP contribution in [0.5, 0.6) is 17.2 Å². The largest absolute Gasteiger partial charge is 0.484 e. The highest BCUT2D eigenvalue weighted by molar-refractivity contribution is 5.83. The summed E-state index contributed by atoms with van der Waals surface area (Å²) in [5.74, 6) is 0.146. The van der Waals surface area contributed by atoms with E-state index in [4.69, 9.17) is 9.47 Å². The molecule has 4 rings (SSSR count). The van der Waals surface area contributed by atoms with Gasteiger partial charge in [0.1, 0.15) is 11.5 Å². The summed E-state index contributed by atoms with van der Waals surface area (Å²) in [4.78, 5) is 32.8. The second-order valence-corrected chi connectivity index (χ2v) is 7.81. The Balaban J connectivity index is 1.31. The topological polar surface area (TPSA) is 146 Å². The van der Waals surface area contributed by atoms with Crippen LogP contribution < -0.4 is 14.9 Å². The summed E-state index contributed by atoms with van der Waals surface area (Å²) in [5, 5.41) is 26.1. The molecule has 0 saturated carbocycles. The fourth-order valence-electron chi connectivity index (χ4n) is 3.37. The molecule has 11 heteroatoms. The summed E-state index contributed by atoms with van der Waals surface area (Å²) in [6, 6.07) is 26.7. The number of amides is 1. The van der Waals surface area contributed by atoms with Gasteiger partial charge in [0.25, 0.3) is 11.6 Å². The lowest BCUT2D eigenvalue weighted by molar-refractivity contribution is -0.394. The molecule has 0 fully saturated rings. The van der Waals surface area contributed by atoms with Gasteiger partial charge in [-0.05, 0) is 47.0 Å². The Labute approximate surface area is 216 Å². The van der Waals surface area contributed by atoms with E-state index in [9.17, 15) is 25.0 Å². The van der Waals surface area contributed by atoms with E-state index in [1.54, 1.807) is 30.3 Å². The van der Waals surface area contributed by atoms with E-state index in [-0.39, 0.29) is 18.1 Å². The van der Waals surface area contributed by atoms with E-state index in [2.05, 4.69) is 10.5 Å². The van der Waals surface area contributed by atoms with E-state index in [0.29, 0.717) is 11.3 Å².